The first-order valence-corrected chi connectivity index (χ1v) is 25.0. The van der Waals surface area contributed by atoms with Crippen molar-refractivity contribution in [3.8, 4) is 0 Å². The number of rotatable bonds is 13. The summed E-state index contributed by atoms with van der Waals surface area (Å²) >= 11 is 0. The minimum Gasteiger partial charge on any atom is -0.459 e. The van der Waals surface area contributed by atoms with Gasteiger partial charge in [-0.15, -0.1) is 0 Å². The number of likely N-dealkylation sites (N-methyl/N-ethyl adjacent to an activating group) is 2. The van der Waals surface area contributed by atoms with Gasteiger partial charge in [0, 0.05) is 63.9 Å². The Morgan fingerprint density at radius 2 is 1.61 bits per heavy atom. The molecule has 4 heterocycles. The second kappa shape index (κ2) is 23.7. The summed E-state index contributed by atoms with van der Waals surface area (Å²) in [7, 11) is 7.06. The number of nitrogens with zero attached hydrogens (tertiary/aromatic N) is 3. The van der Waals surface area contributed by atoms with Crippen LogP contribution in [-0.2, 0) is 46.7 Å². The fourth-order valence-corrected chi connectivity index (χ4v) is 11.2. The van der Waals surface area contributed by atoms with Gasteiger partial charge in [-0.3, -0.25) is 14.5 Å². The zero-order valence-electron chi connectivity index (χ0n) is 43.6. The first-order chi connectivity index (χ1) is 32.2. The van der Waals surface area contributed by atoms with E-state index >= 15 is 0 Å². The Bertz CT molecular complexity index is 1940. The number of ether oxygens (including phenoxy) is 6. The molecule has 3 aliphatic rings. The number of aliphatic hydroxyl groups is 5. The van der Waals surface area contributed by atoms with E-state index < -0.39 is 108 Å². The topological polar surface area (TPSA) is 214 Å². The summed E-state index contributed by atoms with van der Waals surface area (Å²) in [6, 6.07) is 12.1. The average molecular weight is 975 g/mol. The van der Waals surface area contributed by atoms with E-state index in [1.54, 1.807) is 52.2 Å². The molecule has 5 rings (SSSR count). The lowest BCUT2D eigenvalue weighted by molar-refractivity contribution is -0.318. The number of carbonyl (C=O) groups excluding carboxylic acids is 2. The van der Waals surface area contributed by atoms with Crippen LogP contribution in [0.25, 0.3) is 0 Å². The van der Waals surface area contributed by atoms with E-state index in [-0.39, 0.29) is 37.1 Å². The molecule has 1 amide bonds. The molecule has 0 saturated carbocycles. The van der Waals surface area contributed by atoms with Crippen LogP contribution in [-0.4, -0.2) is 182 Å². The van der Waals surface area contributed by atoms with Crippen LogP contribution in [0, 0.1) is 17.8 Å². The summed E-state index contributed by atoms with van der Waals surface area (Å²) in [5, 5.41) is 63.2. The summed E-state index contributed by atoms with van der Waals surface area (Å²) in [4.78, 5) is 32.1. The third-order valence-electron chi connectivity index (χ3n) is 15.5. The van der Waals surface area contributed by atoms with Crippen molar-refractivity contribution in [3.63, 3.8) is 0 Å². The van der Waals surface area contributed by atoms with Crippen LogP contribution < -0.4 is 5.32 Å². The van der Waals surface area contributed by atoms with E-state index in [4.69, 9.17) is 28.4 Å². The van der Waals surface area contributed by atoms with Crippen LogP contribution in [0.2, 0.25) is 0 Å². The van der Waals surface area contributed by atoms with Gasteiger partial charge in [0.25, 0.3) is 5.91 Å². The van der Waals surface area contributed by atoms with E-state index in [0.717, 1.165) is 5.56 Å². The molecule has 1 aromatic heterocycles. The summed E-state index contributed by atoms with van der Waals surface area (Å²) < 4.78 is 40.2. The Labute approximate surface area is 410 Å². The molecule has 0 unspecified atom stereocenters. The number of carbonyl (C=O) groups is 2. The molecule has 17 heteroatoms. The first kappa shape index (κ1) is 56.9. The van der Waals surface area contributed by atoms with E-state index in [2.05, 4.69) is 5.32 Å². The Kier molecular flexibility index (Phi) is 19.5. The van der Waals surface area contributed by atoms with Crippen LogP contribution in [0.15, 0.2) is 48.7 Å². The monoisotopic (exact) mass is 975 g/mol. The van der Waals surface area contributed by atoms with Crippen molar-refractivity contribution in [1.82, 2.24) is 19.7 Å². The standard InChI is InChI=1S/C52H86N4O13/c1-15-40-52(10,63)44(58)34(6)55(12)28-30(2)26-50(8,62)46(32(4)43(33(5)48(61)67-40)68-41-27-51(9,64-14)45(59)35(7)66-41)69-49-42(57)39(24-31(3)65-49)56(13)29-37(25-36-20-17-16-18-21-36)53-47(60)38-22-19-23-54(38)11/h16-23,30-35,37,39-46,49,57-59,62-63H,15,24-29H2,1-14H3,(H,53,60)/t30-,31-,32+,33-,34-,35+,37+,39+,40-,41+,42-,43+,44-,45+,46-,49+,50-,51-,52-/m1/s1. The van der Waals surface area contributed by atoms with Crippen LogP contribution in [0.3, 0.4) is 0 Å². The molecule has 3 fully saturated rings. The largest absolute Gasteiger partial charge is 0.459 e. The molecule has 1 aromatic carbocycles. The number of esters is 1. The molecule has 0 radical (unpaired) electrons. The van der Waals surface area contributed by atoms with Gasteiger partial charge < -0.3 is 68.7 Å². The normalized spacial score (nSPS) is 40.6. The fourth-order valence-electron chi connectivity index (χ4n) is 11.2. The van der Waals surface area contributed by atoms with Crippen molar-refractivity contribution in [2.45, 2.75) is 198 Å². The number of aliphatic hydroxyl groups excluding tert-OH is 3. The second-order valence-electron chi connectivity index (χ2n) is 21.5. The smallest absolute Gasteiger partial charge is 0.311 e. The highest BCUT2D eigenvalue weighted by molar-refractivity contribution is 5.92. The van der Waals surface area contributed by atoms with Crippen molar-refractivity contribution in [2.24, 2.45) is 24.8 Å². The van der Waals surface area contributed by atoms with Gasteiger partial charge in [0.1, 0.15) is 35.7 Å². The first-order valence-electron chi connectivity index (χ1n) is 25.0. The van der Waals surface area contributed by atoms with E-state index in [9.17, 15) is 35.1 Å². The molecule has 69 heavy (non-hydrogen) atoms. The number of cyclic esters (lactones) is 1. The molecular formula is C52H86N4O13. The summed E-state index contributed by atoms with van der Waals surface area (Å²) in [5.41, 5.74) is -3.01. The predicted molar refractivity (Wildman–Crippen MR) is 260 cm³/mol. The number of benzene rings is 1. The van der Waals surface area contributed by atoms with Gasteiger partial charge in [-0.25, -0.2) is 0 Å². The van der Waals surface area contributed by atoms with Crippen molar-refractivity contribution >= 4 is 11.9 Å². The van der Waals surface area contributed by atoms with E-state index in [1.165, 1.54) is 14.0 Å². The Morgan fingerprint density at radius 1 is 0.942 bits per heavy atom. The van der Waals surface area contributed by atoms with E-state index in [1.807, 2.05) is 94.3 Å². The van der Waals surface area contributed by atoms with Crippen molar-refractivity contribution in [2.75, 3.05) is 34.3 Å². The number of aryl methyl sites for hydroxylation is 1. The minimum atomic E-state index is -1.84. The Hall–Kier alpha value is -3.04. The van der Waals surface area contributed by atoms with Crippen LogP contribution >= 0.6 is 0 Å². The molecule has 0 spiro atoms. The van der Waals surface area contributed by atoms with Crippen molar-refractivity contribution in [3.05, 3.63) is 59.9 Å². The SMILES string of the molecule is CC[C@H]1OC(=O)[C@H](C)[C@@H](O[C@H]2C[C@@](C)(OC)[C@@H](O)[C@H](C)O2)[C@H](C)[C@@H](O[C@@H]2O[C@H](C)C[C@H](N(C)C[C@H](Cc3ccccc3)NC(=O)c3cccn3C)[C@H]2O)[C@](C)(O)C[C@@H](C)CN(C)[C@H](C)[C@@H](O)[C@]1(C)O. The molecule has 19 atom stereocenters. The number of methoxy groups -OCH3 is 1. The highest BCUT2D eigenvalue weighted by atomic mass is 16.7. The van der Waals surface area contributed by atoms with Gasteiger partial charge in [0.05, 0.1) is 41.5 Å². The summed E-state index contributed by atoms with van der Waals surface area (Å²) in [6.07, 6.45) is -7.04. The molecule has 17 nitrogen and oxygen atoms in total. The van der Waals surface area contributed by atoms with Gasteiger partial charge in [0.2, 0.25) is 0 Å². The summed E-state index contributed by atoms with van der Waals surface area (Å²) in [5.74, 6) is -3.06. The minimum absolute atomic E-state index is 0.0918. The zero-order chi connectivity index (χ0) is 51.3. The quantitative estimate of drug-likeness (QED) is 0.158. The molecule has 0 aliphatic carbocycles. The van der Waals surface area contributed by atoms with Crippen LogP contribution in [0.5, 0.6) is 0 Å². The molecule has 392 valence electrons. The zero-order valence-corrected chi connectivity index (χ0v) is 43.6. The number of hydrogen-bond acceptors (Lipinski definition) is 15. The lowest BCUT2D eigenvalue weighted by Crippen LogP contribution is -2.61. The fraction of sp³-hybridized carbons (Fsp3) is 0.769. The molecule has 0 bridgehead atoms. The number of amides is 1. The lowest BCUT2D eigenvalue weighted by Gasteiger charge is -2.49. The maximum Gasteiger partial charge on any atom is 0.311 e. The van der Waals surface area contributed by atoms with Gasteiger partial charge in [-0.05, 0) is 112 Å². The lowest BCUT2D eigenvalue weighted by atomic mass is 9.77. The van der Waals surface area contributed by atoms with Crippen LogP contribution in [0.1, 0.15) is 111 Å². The average Bonchev–Trinajstić information content (AvgIpc) is 3.73. The Morgan fingerprint density at radius 3 is 2.22 bits per heavy atom. The van der Waals surface area contributed by atoms with Gasteiger partial charge in [-0.2, -0.15) is 0 Å². The Balaban J connectivity index is 1.52. The second-order valence-corrected chi connectivity index (χ2v) is 21.5. The van der Waals surface area contributed by atoms with Gasteiger partial charge >= 0.3 is 5.97 Å². The van der Waals surface area contributed by atoms with Crippen molar-refractivity contribution < 1.29 is 63.5 Å². The number of hydrogen-bond donors (Lipinski definition) is 6. The third kappa shape index (κ3) is 13.5. The number of nitrogens with one attached hydrogen (secondary N) is 1. The summed E-state index contributed by atoms with van der Waals surface area (Å²) in [6.45, 7) is 18.3. The third-order valence-corrected chi connectivity index (χ3v) is 15.5. The molecule has 2 aromatic rings. The molecular weight excluding hydrogens is 889 g/mol. The molecule has 3 aliphatic heterocycles. The maximum atomic E-state index is 14.5. The molecule has 3 saturated heterocycles. The molecule has 6 N–H and O–H groups in total. The van der Waals surface area contributed by atoms with E-state index in [0.29, 0.717) is 31.6 Å². The van der Waals surface area contributed by atoms with Crippen molar-refractivity contribution in [1.29, 1.82) is 0 Å². The highest BCUT2D eigenvalue weighted by Gasteiger charge is 2.53. The van der Waals surface area contributed by atoms with Gasteiger partial charge in [-0.1, -0.05) is 51.1 Å². The van der Waals surface area contributed by atoms with Gasteiger partial charge in [0.15, 0.2) is 12.6 Å². The maximum absolute atomic E-state index is 14.5. The van der Waals surface area contributed by atoms with Crippen LogP contribution in [0.4, 0.5) is 0 Å². The predicted octanol–water partition coefficient (Wildman–Crippen LogP) is 3.65. The highest BCUT2D eigenvalue weighted by Crippen LogP contribution is 2.40. The number of aromatic nitrogens is 1.